The summed E-state index contributed by atoms with van der Waals surface area (Å²) in [6.45, 7) is 7.26. The normalized spacial score (nSPS) is 15.8. The summed E-state index contributed by atoms with van der Waals surface area (Å²) in [7, 11) is 0. The van der Waals surface area contributed by atoms with Crippen molar-refractivity contribution in [2.24, 2.45) is 0 Å². The average molecular weight is 277 g/mol. The number of hydrogen-bond acceptors (Lipinski definition) is 3. The van der Waals surface area contributed by atoms with E-state index in [1.165, 1.54) is 5.56 Å². The fourth-order valence-corrected chi connectivity index (χ4v) is 2.12. The highest BCUT2D eigenvalue weighted by Crippen LogP contribution is 2.12. The summed E-state index contributed by atoms with van der Waals surface area (Å²) >= 11 is 0. The third-order valence-corrected chi connectivity index (χ3v) is 3.26. The number of morpholine rings is 1. The van der Waals surface area contributed by atoms with E-state index in [1.807, 2.05) is 19.1 Å². The minimum Gasteiger partial charge on any atom is -0.379 e. The third kappa shape index (κ3) is 4.83. The molecule has 2 amide bonds. The van der Waals surface area contributed by atoms with E-state index in [2.05, 4.69) is 27.7 Å². The van der Waals surface area contributed by atoms with Crippen molar-refractivity contribution in [3.63, 3.8) is 0 Å². The van der Waals surface area contributed by atoms with Gasteiger partial charge in [0.25, 0.3) is 0 Å². The summed E-state index contributed by atoms with van der Waals surface area (Å²) in [6.07, 6.45) is 0.936. The average Bonchev–Trinajstić information content (AvgIpc) is 2.48. The van der Waals surface area contributed by atoms with Crippen LogP contribution in [0.1, 0.15) is 18.9 Å². The van der Waals surface area contributed by atoms with Crippen molar-refractivity contribution < 1.29 is 9.53 Å². The van der Waals surface area contributed by atoms with E-state index in [-0.39, 0.29) is 6.03 Å². The zero-order chi connectivity index (χ0) is 14.2. The molecule has 1 aliphatic rings. The number of benzene rings is 1. The number of hydrogen-bond donors (Lipinski definition) is 2. The number of carbonyl (C=O) groups is 1. The minimum atomic E-state index is -0.146. The Morgan fingerprint density at radius 2 is 1.95 bits per heavy atom. The van der Waals surface area contributed by atoms with E-state index in [0.29, 0.717) is 6.54 Å². The van der Waals surface area contributed by atoms with Crippen LogP contribution in [0.4, 0.5) is 10.5 Å². The van der Waals surface area contributed by atoms with Crippen LogP contribution < -0.4 is 10.6 Å². The SMILES string of the molecule is CCCNC(=O)Nc1ccc(CN2CCOCC2)cc1. The van der Waals surface area contributed by atoms with Gasteiger partial charge in [0.05, 0.1) is 13.2 Å². The monoisotopic (exact) mass is 277 g/mol. The molecule has 1 aliphatic heterocycles. The highest BCUT2D eigenvalue weighted by molar-refractivity contribution is 5.89. The summed E-state index contributed by atoms with van der Waals surface area (Å²) < 4.78 is 5.34. The van der Waals surface area contributed by atoms with Crippen LogP contribution >= 0.6 is 0 Å². The van der Waals surface area contributed by atoms with Gasteiger partial charge in [-0.3, -0.25) is 4.90 Å². The van der Waals surface area contributed by atoms with Crippen molar-refractivity contribution in [1.82, 2.24) is 10.2 Å². The van der Waals surface area contributed by atoms with Crippen molar-refractivity contribution in [1.29, 1.82) is 0 Å². The molecule has 110 valence electrons. The first-order chi connectivity index (χ1) is 9.78. The molecule has 0 spiro atoms. The second-order valence-electron chi connectivity index (χ2n) is 4.97. The van der Waals surface area contributed by atoms with Gasteiger partial charge in [-0.25, -0.2) is 4.79 Å². The van der Waals surface area contributed by atoms with E-state index in [1.54, 1.807) is 0 Å². The number of carbonyl (C=O) groups excluding carboxylic acids is 1. The van der Waals surface area contributed by atoms with E-state index in [9.17, 15) is 4.79 Å². The molecule has 0 aromatic heterocycles. The lowest BCUT2D eigenvalue weighted by molar-refractivity contribution is 0.0342. The van der Waals surface area contributed by atoms with Crippen LogP contribution in [0.5, 0.6) is 0 Å². The maximum absolute atomic E-state index is 11.5. The minimum absolute atomic E-state index is 0.146. The van der Waals surface area contributed by atoms with Gasteiger partial charge in [-0.2, -0.15) is 0 Å². The second-order valence-corrected chi connectivity index (χ2v) is 4.97. The molecule has 1 saturated heterocycles. The maximum Gasteiger partial charge on any atom is 0.319 e. The van der Waals surface area contributed by atoms with Crippen LogP contribution in [0.3, 0.4) is 0 Å². The molecule has 1 aromatic carbocycles. The number of ether oxygens (including phenoxy) is 1. The Bertz CT molecular complexity index is 414. The molecule has 5 nitrogen and oxygen atoms in total. The molecule has 20 heavy (non-hydrogen) atoms. The number of anilines is 1. The number of amides is 2. The van der Waals surface area contributed by atoms with Gasteiger partial charge >= 0.3 is 6.03 Å². The van der Waals surface area contributed by atoms with Crippen LogP contribution in [0.15, 0.2) is 24.3 Å². The first-order valence-electron chi connectivity index (χ1n) is 7.22. The summed E-state index contributed by atoms with van der Waals surface area (Å²) in [5, 5.41) is 5.61. The highest BCUT2D eigenvalue weighted by atomic mass is 16.5. The van der Waals surface area contributed by atoms with E-state index in [4.69, 9.17) is 4.74 Å². The van der Waals surface area contributed by atoms with Crippen LogP contribution in [0, 0.1) is 0 Å². The molecule has 1 heterocycles. The Morgan fingerprint density at radius 3 is 2.60 bits per heavy atom. The molecule has 1 fully saturated rings. The predicted molar refractivity (Wildman–Crippen MR) is 79.9 cm³/mol. The van der Waals surface area contributed by atoms with Gasteiger partial charge in [0.2, 0.25) is 0 Å². The maximum atomic E-state index is 11.5. The summed E-state index contributed by atoms with van der Waals surface area (Å²) in [6, 6.07) is 7.87. The third-order valence-electron chi connectivity index (χ3n) is 3.26. The van der Waals surface area contributed by atoms with Gasteiger partial charge in [0, 0.05) is 31.9 Å². The van der Waals surface area contributed by atoms with Gasteiger partial charge in [0.1, 0.15) is 0 Å². The van der Waals surface area contributed by atoms with Gasteiger partial charge < -0.3 is 15.4 Å². The molecule has 5 heteroatoms. The zero-order valence-electron chi connectivity index (χ0n) is 12.0. The lowest BCUT2D eigenvalue weighted by Gasteiger charge is -2.26. The van der Waals surface area contributed by atoms with Crippen LogP contribution in [0.25, 0.3) is 0 Å². The molecule has 2 N–H and O–H groups in total. The van der Waals surface area contributed by atoms with Crippen molar-refractivity contribution in [3.05, 3.63) is 29.8 Å². The molecule has 0 atom stereocenters. The molecule has 1 aromatic rings. The molecule has 2 rings (SSSR count). The summed E-state index contributed by atoms with van der Waals surface area (Å²) in [5.41, 5.74) is 2.08. The Labute approximate surface area is 120 Å². The van der Waals surface area contributed by atoms with Gasteiger partial charge in [-0.05, 0) is 24.1 Å². The van der Waals surface area contributed by atoms with Gasteiger partial charge in [0.15, 0.2) is 0 Å². The predicted octanol–water partition coefficient (Wildman–Crippen LogP) is 2.05. The zero-order valence-corrected chi connectivity index (χ0v) is 12.0. The van der Waals surface area contributed by atoms with E-state index in [0.717, 1.165) is 45.0 Å². The largest absolute Gasteiger partial charge is 0.379 e. The number of nitrogens with one attached hydrogen (secondary N) is 2. The molecule has 0 radical (unpaired) electrons. The number of urea groups is 1. The fourth-order valence-electron chi connectivity index (χ4n) is 2.12. The van der Waals surface area contributed by atoms with Crippen molar-refractivity contribution in [3.8, 4) is 0 Å². The highest BCUT2D eigenvalue weighted by Gasteiger charge is 2.10. The summed E-state index contributed by atoms with van der Waals surface area (Å²) in [5.74, 6) is 0. The Morgan fingerprint density at radius 1 is 1.25 bits per heavy atom. The van der Waals surface area contributed by atoms with Crippen LogP contribution in [0.2, 0.25) is 0 Å². The summed E-state index contributed by atoms with van der Waals surface area (Å²) in [4.78, 5) is 13.9. The lowest BCUT2D eigenvalue weighted by atomic mass is 10.2. The molecular formula is C15H23N3O2. The molecule has 0 aliphatic carbocycles. The molecule has 0 unspecified atom stereocenters. The topological polar surface area (TPSA) is 53.6 Å². The smallest absolute Gasteiger partial charge is 0.319 e. The lowest BCUT2D eigenvalue weighted by Crippen LogP contribution is -2.35. The van der Waals surface area contributed by atoms with E-state index < -0.39 is 0 Å². The van der Waals surface area contributed by atoms with Crippen molar-refractivity contribution in [2.75, 3.05) is 38.2 Å². The first-order valence-corrected chi connectivity index (χ1v) is 7.22. The number of rotatable bonds is 5. The Hall–Kier alpha value is -1.59. The molecule has 0 saturated carbocycles. The van der Waals surface area contributed by atoms with Crippen molar-refractivity contribution >= 4 is 11.7 Å². The van der Waals surface area contributed by atoms with Crippen LogP contribution in [-0.4, -0.2) is 43.8 Å². The Balaban J connectivity index is 1.81. The quantitative estimate of drug-likeness (QED) is 0.866. The second kappa shape index (κ2) is 7.87. The molecular weight excluding hydrogens is 254 g/mol. The van der Waals surface area contributed by atoms with Crippen LogP contribution in [-0.2, 0) is 11.3 Å². The Kier molecular flexibility index (Phi) is 5.83. The number of nitrogens with zero attached hydrogens (tertiary/aromatic N) is 1. The van der Waals surface area contributed by atoms with Gasteiger partial charge in [-0.15, -0.1) is 0 Å². The molecule has 0 bridgehead atoms. The standard InChI is InChI=1S/C15H23N3O2/c1-2-7-16-15(19)17-14-5-3-13(4-6-14)12-18-8-10-20-11-9-18/h3-6H,2,7-12H2,1H3,(H2,16,17,19). The van der Waals surface area contributed by atoms with E-state index >= 15 is 0 Å². The van der Waals surface area contributed by atoms with Crippen molar-refractivity contribution in [2.45, 2.75) is 19.9 Å². The fraction of sp³-hybridized carbons (Fsp3) is 0.533. The van der Waals surface area contributed by atoms with Gasteiger partial charge in [-0.1, -0.05) is 19.1 Å². The first kappa shape index (κ1) is 14.8.